The lowest BCUT2D eigenvalue weighted by Crippen LogP contribution is -2.27. The Hall–Kier alpha value is -2.63. The maximum Gasteiger partial charge on any atom is 0.274 e. The van der Waals surface area contributed by atoms with Crippen LogP contribution in [0.4, 0.5) is 14.5 Å². The number of hydrogen-bond acceptors (Lipinski definition) is 3. The summed E-state index contributed by atoms with van der Waals surface area (Å²) in [5.74, 6) is -3.47. The van der Waals surface area contributed by atoms with Gasteiger partial charge in [-0.1, -0.05) is 25.1 Å². The molecule has 0 N–H and O–H groups in total. The fraction of sp³-hybridized carbons (Fsp3) is 0.235. The average Bonchev–Trinajstić information content (AvgIpc) is 2.60. The third-order valence-corrected chi connectivity index (χ3v) is 3.60. The molecule has 0 unspecified atom stereocenters. The second-order valence-electron chi connectivity index (χ2n) is 5.06. The minimum absolute atomic E-state index is 0.206. The molecule has 2 aromatic rings. The van der Waals surface area contributed by atoms with Gasteiger partial charge in [0.25, 0.3) is 11.8 Å². The van der Waals surface area contributed by atoms with Crippen LogP contribution in [-0.2, 0) is 5.92 Å². The highest BCUT2D eigenvalue weighted by molar-refractivity contribution is 6.09. The normalized spacial score (nSPS) is 11.1. The molecule has 0 fully saturated rings. The predicted octanol–water partition coefficient (Wildman–Crippen LogP) is 3.67. The maximum absolute atomic E-state index is 13.8. The van der Waals surface area contributed by atoms with Gasteiger partial charge in [0.15, 0.2) is 6.29 Å². The molecule has 1 heterocycles. The smallest absolute Gasteiger partial charge is 0.274 e. The highest BCUT2D eigenvalue weighted by Crippen LogP contribution is 2.32. The van der Waals surface area contributed by atoms with Gasteiger partial charge >= 0.3 is 0 Å². The molecule has 0 aliphatic rings. The van der Waals surface area contributed by atoms with Crippen LogP contribution in [0.5, 0.6) is 0 Å². The number of anilines is 1. The van der Waals surface area contributed by atoms with E-state index in [-0.39, 0.29) is 28.8 Å². The second-order valence-corrected chi connectivity index (χ2v) is 5.06. The number of carbonyl (C=O) groups excluding carboxylic acids is 2. The molecular weight excluding hydrogens is 302 g/mol. The van der Waals surface area contributed by atoms with Crippen LogP contribution in [0, 0.1) is 0 Å². The van der Waals surface area contributed by atoms with Gasteiger partial charge in [0.05, 0.1) is 17.4 Å². The second kappa shape index (κ2) is 6.64. The van der Waals surface area contributed by atoms with E-state index < -0.39 is 11.8 Å². The summed E-state index contributed by atoms with van der Waals surface area (Å²) in [5, 5.41) is 0. The Morgan fingerprint density at radius 2 is 2.00 bits per heavy atom. The maximum atomic E-state index is 13.8. The van der Waals surface area contributed by atoms with E-state index in [0.29, 0.717) is 6.29 Å². The van der Waals surface area contributed by atoms with Gasteiger partial charge in [0, 0.05) is 30.8 Å². The first kappa shape index (κ1) is 16.7. The number of hydrogen-bond donors (Lipinski definition) is 0. The number of aromatic nitrogens is 1. The lowest BCUT2D eigenvalue weighted by atomic mass is 10.1. The Labute approximate surface area is 132 Å². The molecule has 1 aromatic heterocycles. The highest BCUT2D eigenvalue weighted by Gasteiger charge is 2.30. The summed E-state index contributed by atoms with van der Waals surface area (Å²) in [6.07, 6.45) is 2.64. The first-order valence-electron chi connectivity index (χ1n) is 7.06. The predicted molar refractivity (Wildman–Crippen MR) is 83.0 cm³/mol. The van der Waals surface area contributed by atoms with Gasteiger partial charge in [-0.25, -0.2) is 8.78 Å². The molecule has 0 saturated heterocycles. The zero-order valence-electron chi connectivity index (χ0n) is 12.8. The number of carbonyl (C=O) groups is 2. The third kappa shape index (κ3) is 3.41. The number of halogens is 2. The summed E-state index contributed by atoms with van der Waals surface area (Å²) in [6, 6.07) is 7.55. The fourth-order valence-corrected chi connectivity index (χ4v) is 2.11. The molecule has 0 atom stereocenters. The Bertz CT molecular complexity index is 732. The molecule has 4 nitrogen and oxygen atoms in total. The fourth-order valence-electron chi connectivity index (χ4n) is 2.11. The van der Waals surface area contributed by atoms with Crippen molar-refractivity contribution in [3.8, 4) is 0 Å². The molecule has 1 amide bonds. The van der Waals surface area contributed by atoms with Crippen molar-refractivity contribution in [2.24, 2.45) is 0 Å². The summed E-state index contributed by atoms with van der Waals surface area (Å²) in [5.41, 5.74) is 0.437. The number of benzene rings is 1. The summed E-state index contributed by atoms with van der Waals surface area (Å²) in [4.78, 5) is 28.5. The topological polar surface area (TPSA) is 50.3 Å². The van der Waals surface area contributed by atoms with Crippen molar-refractivity contribution in [1.29, 1.82) is 0 Å². The van der Waals surface area contributed by atoms with Crippen molar-refractivity contribution < 1.29 is 18.4 Å². The summed E-state index contributed by atoms with van der Waals surface area (Å²) >= 11 is 0. The molecule has 0 radical (unpaired) electrons. The van der Waals surface area contributed by atoms with Crippen molar-refractivity contribution >= 4 is 17.9 Å². The number of pyridine rings is 1. The van der Waals surface area contributed by atoms with Crippen LogP contribution < -0.4 is 4.90 Å². The summed E-state index contributed by atoms with van der Waals surface area (Å²) in [7, 11) is 1.45. The number of nitrogens with zero attached hydrogens (tertiary/aromatic N) is 2. The van der Waals surface area contributed by atoms with Gasteiger partial charge in [-0.2, -0.15) is 0 Å². The minimum Gasteiger partial charge on any atom is -0.310 e. The van der Waals surface area contributed by atoms with Crippen LogP contribution in [0.25, 0.3) is 0 Å². The molecule has 1 aromatic carbocycles. The molecule has 0 bridgehead atoms. The lowest BCUT2D eigenvalue weighted by molar-refractivity contribution is -0.00859. The van der Waals surface area contributed by atoms with Crippen LogP contribution >= 0.6 is 0 Å². The monoisotopic (exact) mass is 318 g/mol. The van der Waals surface area contributed by atoms with E-state index in [2.05, 4.69) is 4.98 Å². The lowest BCUT2D eigenvalue weighted by Gasteiger charge is -2.20. The van der Waals surface area contributed by atoms with Crippen LogP contribution in [-0.4, -0.2) is 24.2 Å². The number of alkyl halides is 2. The molecule has 0 saturated carbocycles. The molecule has 0 spiro atoms. The van der Waals surface area contributed by atoms with Crippen LogP contribution in [0.1, 0.15) is 39.6 Å². The molecular formula is C17H16F2N2O2. The summed E-state index contributed by atoms with van der Waals surface area (Å²) < 4.78 is 27.6. The molecule has 23 heavy (non-hydrogen) atoms. The van der Waals surface area contributed by atoms with Gasteiger partial charge < -0.3 is 4.90 Å². The van der Waals surface area contributed by atoms with Crippen molar-refractivity contribution in [2.45, 2.75) is 19.3 Å². The van der Waals surface area contributed by atoms with E-state index in [0.717, 1.165) is 6.20 Å². The Morgan fingerprint density at radius 3 is 2.65 bits per heavy atom. The van der Waals surface area contributed by atoms with E-state index in [1.54, 1.807) is 12.1 Å². The zero-order valence-corrected chi connectivity index (χ0v) is 12.8. The molecule has 6 heteroatoms. The van der Waals surface area contributed by atoms with E-state index in [4.69, 9.17) is 0 Å². The first-order chi connectivity index (χ1) is 10.9. The quantitative estimate of drug-likeness (QED) is 0.790. The van der Waals surface area contributed by atoms with E-state index >= 15 is 0 Å². The van der Waals surface area contributed by atoms with Crippen molar-refractivity contribution in [3.63, 3.8) is 0 Å². The van der Waals surface area contributed by atoms with E-state index in [1.807, 2.05) is 0 Å². The first-order valence-corrected chi connectivity index (χ1v) is 7.06. The van der Waals surface area contributed by atoms with E-state index in [9.17, 15) is 18.4 Å². The van der Waals surface area contributed by atoms with Crippen LogP contribution in [0.2, 0.25) is 0 Å². The van der Waals surface area contributed by atoms with Gasteiger partial charge in [0.2, 0.25) is 0 Å². The van der Waals surface area contributed by atoms with Crippen LogP contribution in [0.3, 0.4) is 0 Å². The van der Waals surface area contributed by atoms with Crippen molar-refractivity contribution in [1.82, 2.24) is 4.98 Å². The molecule has 0 aliphatic carbocycles. The number of amides is 1. The number of rotatable bonds is 5. The summed E-state index contributed by atoms with van der Waals surface area (Å²) in [6.45, 7) is 1.38. The van der Waals surface area contributed by atoms with Crippen LogP contribution in [0.15, 0.2) is 42.7 Å². The molecule has 0 aliphatic heterocycles. The standard InChI is InChI=1S/C17H16F2N2O2/c1-3-17(18,19)13-8-14(10-20-9-13)21(2)16(23)15-7-5-4-6-12(15)11-22/h4-11H,3H2,1-2H3. The van der Waals surface area contributed by atoms with Gasteiger partial charge in [-0.15, -0.1) is 0 Å². The Balaban J connectivity index is 2.37. The Morgan fingerprint density at radius 1 is 1.30 bits per heavy atom. The molecule has 120 valence electrons. The van der Waals surface area contributed by atoms with E-state index in [1.165, 1.54) is 43.3 Å². The zero-order chi connectivity index (χ0) is 17.0. The number of aldehydes is 1. The van der Waals surface area contributed by atoms with Crippen molar-refractivity contribution in [2.75, 3.05) is 11.9 Å². The minimum atomic E-state index is -3.01. The highest BCUT2D eigenvalue weighted by atomic mass is 19.3. The third-order valence-electron chi connectivity index (χ3n) is 3.60. The molecule has 2 rings (SSSR count). The SMILES string of the molecule is CCC(F)(F)c1cncc(N(C)C(=O)c2ccccc2C=O)c1. The Kier molecular flexibility index (Phi) is 4.83. The average molecular weight is 318 g/mol. The van der Waals surface area contributed by atoms with Gasteiger partial charge in [-0.05, 0) is 12.1 Å². The largest absolute Gasteiger partial charge is 0.310 e. The van der Waals surface area contributed by atoms with Gasteiger partial charge in [0.1, 0.15) is 0 Å². The van der Waals surface area contributed by atoms with Crippen molar-refractivity contribution in [3.05, 3.63) is 59.4 Å². The van der Waals surface area contributed by atoms with Gasteiger partial charge in [-0.3, -0.25) is 14.6 Å².